The van der Waals surface area contributed by atoms with Crippen molar-refractivity contribution in [1.29, 1.82) is 0 Å². The number of aryl methyl sites for hydroxylation is 1. The van der Waals surface area contributed by atoms with Gasteiger partial charge < -0.3 is 4.90 Å². The van der Waals surface area contributed by atoms with Gasteiger partial charge in [0.25, 0.3) is 0 Å². The number of benzene rings is 1. The smallest absolute Gasteiger partial charge is 0.0366 e. The summed E-state index contributed by atoms with van der Waals surface area (Å²) in [6, 6.07) is 9.16. The van der Waals surface area contributed by atoms with Gasteiger partial charge in [0, 0.05) is 18.8 Å². The summed E-state index contributed by atoms with van der Waals surface area (Å²) in [5.41, 5.74) is 2.79. The monoisotopic (exact) mass is 359 g/mol. The van der Waals surface area contributed by atoms with E-state index in [4.69, 9.17) is 0 Å². The summed E-state index contributed by atoms with van der Waals surface area (Å²) in [4.78, 5) is 2.64. The molecule has 0 aliphatic rings. The molecule has 1 nitrogen and oxygen atoms in total. The van der Waals surface area contributed by atoms with E-state index in [1.807, 2.05) is 0 Å². The van der Waals surface area contributed by atoms with E-state index in [-0.39, 0.29) is 0 Å². The van der Waals surface area contributed by atoms with Crippen molar-refractivity contribution in [2.24, 2.45) is 0 Å². The fraction of sp³-hybridized carbons (Fsp3) is 0.760. The van der Waals surface area contributed by atoms with Gasteiger partial charge in [0.05, 0.1) is 0 Å². The van der Waals surface area contributed by atoms with Gasteiger partial charge >= 0.3 is 0 Å². The summed E-state index contributed by atoms with van der Waals surface area (Å²) >= 11 is 0. The Morgan fingerprint density at radius 3 is 1.35 bits per heavy atom. The molecule has 1 heteroatoms. The Bertz CT molecular complexity index is 391. The summed E-state index contributed by atoms with van der Waals surface area (Å²) in [5.74, 6) is 0. The fourth-order valence-corrected chi connectivity index (χ4v) is 3.65. The van der Waals surface area contributed by atoms with Crippen molar-refractivity contribution in [3.8, 4) is 0 Å². The first-order chi connectivity index (χ1) is 12.8. The Morgan fingerprint density at radius 2 is 0.923 bits per heavy atom. The maximum atomic E-state index is 2.64. The third-order valence-electron chi connectivity index (χ3n) is 5.46. The first-order valence-electron chi connectivity index (χ1n) is 11.6. The van der Waals surface area contributed by atoms with Crippen molar-refractivity contribution in [3.63, 3.8) is 0 Å². The molecule has 0 amide bonds. The van der Waals surface area contributed by atoms with E-state index in [1.165, 1.54) is 114 Å². The van der Waals surface area contributed by atoms with Gasteiger partial charge in [0.2, 0.25) is 0 Å². The first kappa shape index (κ1) is 23.1. The van der Waals surface area contributed by atoms with Gasteiger partial charge in [0.15, 0.2) is 0 Å². The van der Waals surface area contributed by atoms with Gasteiger partial charge in [-0.2, -0.15) is 0 Å². The van der Waals surface area contributed by atoms with Crippen LogP contribution in [0.1, 0.15) is 109 Å². The van der Waals surface area contributed by atoms with Crippen molar-refractivity contribution in [1.82, 2.24) is 0 Å². The number of hydrogen-bond acceptors (Lipinski definition) is 1. The number of hydrogen-bond donors (Lipinski definition) is 0. The summed E-state index contributed by atoms with van der Waals surface area (Å²) < 4.78 is 0. The Morgan fingerprint density at radius 1 is 0.538 bits per heavy atom. The number of nitrogens with zero attached hydrogens (tertiary/aromatic N) is 1. The number of rotatable bonds is 17. The maximum Gasteiger partial charge on any atom is 0.0366 e. The molecular weight excluding hydrogens is 314 g/mol. The Labute approximate surface area is 164 Å². The highest BCUT2D eigenvalue weighted by atomic mass is 15.1. The molecule has 0 spiro atoms. The zero-order valence-corrected chi connectivity index (χ0v) is 18.1. The molecule has 26 heavy (non-hydrogen) atoms. The lowest BCUT2D eigenvalue weighted by molar-refractivity contribution is 0.564. The molecular formula is C25H45N. The van der Waals surface area contributed by atoms with E-state index in [0.717, 1.165) is 0 Å². The normalized spacial score (nSPS) is 11.0. The number of anilines is 1. The largest absolute Gasteiger partial charge is 0.372 e. The van der Waals surface area contributed by atoms with E-state index < -0.39 is 0 Å². The minimum Gasteiger partial charge on any atom is -0.372 e. The molecule has 1 aromatic carbocycles. The lowest BCUT2D eigenvalue weighted by atomic mass is 10.1. The van der Waals surface area contributed by atoms with E-state index in [0.29, 0.717) is 0 Å². The topological polar surface area (TPSA) is 3.24 Å². The van der Waals surface area contributed by atoms with Gasteiger partial charge in [-0.05, 0) is 31.9 Å². The third kappa shape index (κ3) is 11.6. The molecule has 0 fully saturated rings. The van der Waals surface area contributed by atoms with Crippen molar-refractivity contribution in [2.45, 2.75) is 111 Å². The molecule has 1 aromatic rings. The Balaban J connectivity index is 2.29. The average Bonchev–Trinajstić information content (AvgIpc) is 2.65. The molecule has 0 aromatic heterocycles. The lowest BCUT2D eigenvalue weighted by Crippen LogP contribution is -2.25. The second-order valence-corrected chi connectivity index (χ2v) is 8.07. The van der Waals surface area contributed by atoms with Crippen LogP contribution < -0.4 is 4.90 Å². The second kappa shape index (κ2) is 16.2. The van der Waals surface area contributed by atoms with Crippen LogP contribution in [0.15, 0.2) is 24.3 Å². The van der Waals surface area contributed by atoms with Crippen molar-refractivity contribution in [2.75, 3.05) is 18.0 Å². The Hall–Kier alpha value is -0.980. The van der Waals surface area contributed by atoms with Crippen molar-refractivity contribution < 1.29 is 0 Å². The zero-order valence-electron chi connectivity index (χ0n) is 18.1. The predicted molar refractivity (Wildman–Crippen MR) is 119 cm³/mol. The van der Waals surface area contributed by atoms with Gasteiger partial charge in [0.1, 0.15) is 0 Å². The first-order valence-corrected chi connectivity index (χ1v) is 11.6. The van der Waals surface area contributed by atoms with Gasteiger partial charge in [-0.15, -0.1) is 0 Å². The number of unbranched alkanes of at least 4 members (excludes halogenated alkanes) is 12. The van der Waals surface area contributed by atoms with Crippen molar-refractivity contribution in [3.05, 3.63) is 29.8 Å². The molecule has 0 radical (unpaired) electrons. The highest BCUT2D eigenvalue weighted by Crippen LogP contribution is 2.18. The van der Waals surface area contributed by atoms with Crippen molar-refractivity contribution >= 4 is 5.69 Å². The van der Waals surface area contributed by atoms with Gasteiger partial charge in [-0.25, -0.2) is 0 Å². The maximum absolute atomic E-state index is 2.64. The van der Waals surface area contributed by atoms with Gasteiger partial charge in [-0.1, -0.05) is 109 Å². The zero-order chi connectivity index (χ0) is 18.9. The molecule has 150 valence electrons. The molecule has 0 saturated carbocycles. The van der Waals surface area contributed by atoms with Crippen LogP contribution in [0.2, 0.25) is 0 Å². The molecule has 0 aliphatic carbocycles. The summed E-state index contributed by atoms with van der Waals surface area (Å²) in [7, 11) is 0. The van der Waals surface area contributed by atoms with Crippen LogP contribution in [0.4, 0.5) is 5.69 Å². The van der Waals surface area contributed by atoms with Crippen LogP contribution >= 0.6 is 0 Å². The Kier molecular flexibility index (Phi) is 14.4. The van der Waals surface area contributed by atoms with Crippen LogP contribution in [-0.2, 0) is 0 Å². The summed E-state index contributed by atoms with van der Waals surface area (Å²) in [6.45, 7) is 9.23. The quantitative estimate of drug-likeness (QED) is 0.253. The van der Waals surface area contributed by atoms with Crippen LogP contribution in [0.3, 0.4) is 0 Å². The third-order valence-corrected chi connectivity index (χ3v) is 5.46. The highest BCUT2D eigenvalue weighted by Gasteiger charge is 2.06. The SMILES string of the molecule is CCCCCCCCCN(CCCCCCCCC)c1ccc(C)cc1. The van der Waals surface area contributed by atoms with Crippen LogP contribution in [0, 0.1) is 6.92 Å². The standard InChI is InChI=1S/C25H45N/c1-4-6-8-10-12-14-16-22-26(25-20-18-24(3)19-21-25)23-17-15-13-11-9-7-5-2/h18-21H,4-17,22-23H2,1-3H3. The highest BCUT2D eigenvalue weighted by molar-refractivity contribution is 5.47. The summed E-state index contributed by atoms with van der Waals surface area (Å²) in [6.07, 6.45) is 19.5. The fourth-order valence-electron chi connectivity index (χ4n) is 3.65. The molecule has 0 atom stereocenters. The average molecular weight is 360 g/mol. The van der Waals surface area contributed by atoms with Gasteiger partial charge in [-0.3, -0.25) is 0 Å². The lowest BCUT2D eigenvalue weighted by Gasteiger charge is -2.25. The predicted octanol–water partition coefficient (Wildman–Crippen LogP) is 8.30. The summed E-state index contributed by atoms with van der Waals surface area (Å²) in [5, 5.41) is 0. The molecule has 0 bridgehead atoms. The van der Waals surface area contributed by atoms with Crippen LogP contribution in [0.25, 0.3) is 0 Å². The molecule has 1 rings (SSSR count). The second-order valence-electron chi connectivity index (χ2n) is 8.07. The molecule has 0 saturated heterocycles. The minimum atomic E-state index is 1.23. The van der Waals surface area contributed by atoms with E-state index in [2.05, 4.69) is 49.9 Å². The minimum absolute atomic E-state index is 1.23. The molecule has 0 N–H and O–H groups in total. The van der Waals surface area contributed by atoms with Crippen LogP contribution in [-0.4, -0.2) is 13.1 Å². The van der Waals surface area contributed by atoms with E-state index in [1.54, 1.807) is 0 Å². The molecule has 0 heterocycles. The van der Waals surface area contributed by atoms with Crippen LogP contribution in [0.5, 0.6) is 0 Å². The van der Waals surface area contributed by atoms with E-state index >= 15 is 0 Å². The van der Waals surface area contributed by atoms with E-state index in [9.17, 15) is 0 Å². The molecule has 0 unspecified atom stereocenters. The molecule has 0 aliphatic heterocycles.